The number of rotatable bonds is 18. The predicted octanol–water partition coefficient (Wildman–Crippen LogP) is 19.2. The molecule has 0 aliphatic carbocycles. The highest BCUT2D eigenvalue weighted by atomic mass is 16.5. The number of anilines is 9. The molecule has 10 rings (SSSR count). The van der Waals surface area contributed by atoms with Crippen LogP contribution >= 0.6 is 0 Å². The van der Waals surface area contributed by atoms with Gasteiger partial charge in [-0.05, 0) is 219 Å². The number of benzene rings is 10. The Bertz CT molecular complexity index is 3150. The maximum atomic E-state index is 5.97. The van der Waals surface area contributed by atoms with Crippen LogP contribution in [0.1, 0.15) is 37.5 Å². The van der Waals surface area contributed by atoms with Crippen molar-refractivity contribution in [2.24, 2.45) is 0 Å². The van der Waals surface area contributed by atoms with Gasteiger partial charge in [-0.2, -0.15) is 0 Å². The van der Waals surface area contributed by atoms with Gasteiger partial charge < -0.3 is 28.9 Å². The first-order chi connectivity index (χ1) is 36.7. The van der Waals surface area contributed by atoms with Gasteiger partial charge in [0.2, 0.25) is 0 Å². The van der Waals surface area contributed by atoms with E-state index >= 15 is 0 Å². The molecule has 0 atom stereocenters. The number of nitrogens with zero attached hydrogens (tertiary/aromatic N) is 3. The van der Waals surface area contributed by atoms with Crippen LogP contribution in [0.4, 0.5) is 51.2 Å². The van der Waals surface area contributed by atoms with Crippen LogP contribution in [0.15, 0.2) is 237 Å². The molecule has 0 radical (unpaired) electrons. The molecule has 6 heteroatoms. The zero-order valence-corrected chi connectivity index (χ0v) is 43.7. The maximum Gasteiger partial charge on any atom is 0.121 e. The summed E-state index contributed by atoms with van der Waals surface area (Å²) in [6, 6.07) is 84.7. The lowest BCUT2D eigenvalue weighted by molar-refractivity contribution is 0.340. The van der Waals surface area contributed by atoms with Crippen molar-refractivity contribution in [3.63, 3.8) is 0 Å². The Morgan fingerprint density at radius 1 is 0.240 bits per heavy atom. The van der Waals surface area contributed by atoms with Gasteiger partial charge in [0, 0.05) is 69.4 Å². The topological polar surface area (TPSA) is 37.4 Å². The first-order valence-corrected chi connectivity index (χ1v) is 26.0. The first kappa shape index (κ1) is 49.6. The van der Waals surface area contributed by atoms with Crippen LogP contribution in [-0.2, 0) is 0 Å². The molecule has 0 aliphatic rings. The molecule has 0 bridgehead atoms. The molecule has 0 saturated heterocycles. The Balaban J connectivity index is 1.07. The summed E-state index contributed by atoms with van der Waals surface area (Å²) in [7, 11) is 0. The summed E-state index contributed by atoms with van der Waals surface area (Å²) in [5, 5.41) is 0. The first-order valence-electron chi connectivity index (χ1n) is 26.0. The Hall–Kier alpha value is -9.00. The highest BCUT2D eigenvalue weighted by molar-refractivity contribution is 5.86. The van der Waals surface area contributed by atoms with Gasteiger partial charge in [0.15, 0.2) is 0 Å². The molecule has 0 fully saturated rings. The van der Waals surface area contributed by atoms with Gasteiger partial charge in [-0.25, -0.2) is 0 Å². The monoisotopic (exact) mass is 981 g/mol. The van der Waals surface area contributed by atoms with E-state index in [2.05, 4.69) is 254 Å². The molecule has 0 unspecified atom stereocenters. The van der Waals surface area contributed by atoms with Crippen molar-refractivity contribution in [2.45, 2.75) is 41.5 Å². The summed E-state index contributed by atoms with van der Waals surface area (Å²) < 4.78 is 17.9. The molecule has 0 spiro atoms. The second-order valence-electron chi connectivity index (χ2n) is 18.8. The fourth-order valence-corrected chi connectivity index (χ4v) is 9.82. The van der Waals surface area contributed by atoms with Gasteiger partial charge in [0.25, 0.3) is 0 Å². The molecule has 10 aromatic carbocycles. The van der Waals surface area contributed by atoms with Crippen molar-refractivity contribution in [3.8, 4) is 50.6 Å². The normalized spacial score (nSPS) is 11.0. The van der Waals surface area contributed by atoms with Crippen molar-refractivity contribution in [1.82, 2.24) is 0 Å². The standard InChI is InChI=1S/C69H63N3O3/c1-7-73-67-25-13-22-64(46-67)70(61-19-10-16-49(4)40-61)58-34-28-52(29-35-58)55-43-56(53-30-36-59(37-31-53)71(62-20-11-17-50(5)41-62)65-23-14-26-68(47-65)74-8-2)45-57(44-55)54-32-38-60(39-33-54)72(63-21-12-18-51(6)42-63)66-24-15-27-69(48-66)75-9-3/h10-48H,7-9H2,1-6H3. The predicted molar refractivity (Wildman–Crippen MR) is 315 cm³/mol. The van der Waals surface area contributed by atoms with Crippen LogP contribution < -0.4 is 28.9 Å². The summed E-state index contributed by atoms with van der Waals surface area (Å²) in [4.78, 5) is 6.89. The third-order valence-corrected chi connectivity index (χ3v) is 13.2. The van der Waals surface area contributed by atoms with E-state index in [0.717, 1.165) is 102 Å². The van der Waals surface area contributed by atoms with Crippen LogP contribution in [0.2, 0.25) is 0 Å². The second kappa shape index (κ2) is 22.8. The molecular formula is C69H63N3O3. The maximum absolute atomic E-state index is 5.97. The Kier molecular flexibility index (Phi) is 15.1. The van der Waals surface area contributed by atoms with E-state index < -0.39 is 0 Å². The van der Waals surface area contributed by atoms with Gasteiger partial charge in [-0.1, -0.05) is 91.0 Å². The van der Waals surface area contributed by atoms with Gasteiger partial charge in [0.05, 0.1) is 19.8 Å². The minimum absolute atomic E-state index is 0.600. The summed E-state index contributed by atoms with van der Waals surface area (Å²) >= 11 is 0. The summed E-state index contributed by atoms with van der Waals surface area (Å²) in [5.41, 5.74) is 19.8. The average Bonchev–Trinajstić information content (AvgIpc) is 3.42. The number of hydrogen-bond acceptors (Lipinski definition) is 6. The molecule has 75 heavy (non-hydrogen) atoms. The van der Waals surface area contributed by atoms with Gasteiger partial charge in [0.1, 0.15) is 17.2 Å². The molecule has 372 valence electrons. The van der Waals surface area contributed by atoms with Crippen molar-refractivity contribution in [3.05, 3.63) is 253 Å². The van der Waals surface area contributed by atoms with E-state index in [0.29, 0.717) is 19.8 Å². The lowest BCUT2D eigenvalue weighted by atomic mass is 9.93. The smallest absolute Gasteiger partial charge is 0.121 e. The molecule has 0 aliphatic heterocycles. The summed E-state index contributed by atoms with van der Waals surface area (Å²) in [6.45, 7) is 14.3. The minimum Gasteiger partial charge on any atom is -0.494 e. The van der Waals surface area contributed by atoms with E-state index in [1.54, 1.807) is 0 Å². The Labute approximate surface area is 443 Å². The lowest BCUT2D eigenvalue weighted by Gasteiger charge is -2.27. The van der Waals surface area contributed by atoms with Crippen LogP contribution in [-0.4, -0.2) is 19.8 Å². The largest absolute Gasteiger partial charge is 0.494 e. The van der Waals surface area contributed by atoms with Crippen molar-refractivity contribution < 1.29 is 14.2 Å². The Morgan fingerprint density at radius 2 is 0.480 bits per heavy atom. The van der Waals surface area contributed by atoms with Crippen LogP contribution in [0, 0.1) is 20.8 Å². The van der Waals surface area contributed by atoms with Crippen molar-refractivity contribution >= 4 is 51.2 Å². The quantitative estimate of drug-likeness (QED) is 0.0853. The Morgan fingerprint density at radius 3 is 0.720 bits per heavy atom. The molecule has 10 aromatic rings. The molecule has 0 amide bonds. The molecule has 0 heterocycles. The van der Waals surface area contributed by atoms with Crippen molar-refractivity contribution in [1.29, 1.82) is 0 Å². The lowest BCUT2D eigenvalue weighted by Crippen LogP contribution is -2.10. The zero-order chi connectivity index (χ0) is 51.7. The summed E-state index contributed by atoms with van der Waals surface area (Å²) in [5.74, 6) is 2.52. The van der Waals surface area contributed by atoms with Crippen molar-refractivity contribution in [2.75, 3.05) is 34.5 Å². The van der Waals surface area contributed by atoms with E-state index in [4.69, 9.17) is 14.2 Å². The molecule has 0 aromatic heterocycles. The zero-order valence-electron chi connectivity index (χ0n) is 43.7. The van der Waals surface area contributed by atoms with Gasteiger partial charge in [-0.15, -0.1) is 0 Å². The van der Waals surface area contributed by atoms with Crippen LogP contribution in [0.25, 0.3) is 33.4 Å². The molecule has 0 N–H and O–H groups in total. The van der Waals surface area contributed by atoms with E-state index in [9.17, 15) is 0 Å². The molecule has 0 saturated carbocycles. The minimum atomic E-state index is 0.600. The average molecular weight is 982 g/mol. The highest BCUT2D eigenvalue weighted by Crippen LogP contribution is 2.43. The van der Waals surface area contributed by atoms with Crippen LogP contribution in [0.3, 0.4) is 0 Å². The van der Waals surface area contributed by atoms with Gasteiger partial charge >= 0.3 is 0 Å². The van der Waals surface area contributed by atoms with E-state index in [1.165, 1.54) is 16.7 Å². The fourth-order valence-electron chi connectivity index (χ4n) is 9.82. The number of hydrogen-bond donors (Lipinski definition) is 0. The second-order valence-corrected chi connectivity index (χ2v) is 18.8. The van der Waals surface area contributed by atoms with Crippen LogP contribution in [0.5, 0.6) is 17.2 Å². The SMILES string of the molecule is CCOc1cccc(N(c2ccc(-c3cc(-c4ccc(N(c5cccc(C)c5)c5cccc(OCC)c5)cc4)cc(-c4ccc(N(c5cccc(C)c5)c5cccc(OCC)c5)cc4)c3)cc2)c2cccc(C)c2)c1. The fraction of sp³-hybridized carbons (Fsp3) is 0.130. The third kappa shape index (κ3) is 11.5. The number of ether oxygens (including phenoxy) is 3. The van der Waals surface area contributed by atoms with E-state index in [1.807, 2.05) is 39.0 Å². The molecule has 6 nitrogen and oxygen atoms in total. The van der Waals surface area contributed by atoms with E-state index in [-0.39, 0.29) is 0 Å². The highest BCUT2D eigenvalue weighted by Gasteiger charge is 2.19. The number of aryl methyl sites for hydroxylation is 3. The summed E-state index contributed by atoms with van der Waals surface area (Å²) in [6.07, 6.45) is 0. The third-order valence-electron chi connectivity index (χ3n) is 13.2. The molecular weight excluding hydrogens is 919 g/mol. The van der Waals surface area contributed by atoms with Gasteiger partial charge in [-0.3, -0.25) is 0 Å².